The number of carbonyl (C=O) groups is 1. The van der Waals surface area contributed by atoms with Crippen molar-refractivity contribution in [3.63, 3.8) is 0 Å². The molecule has 0 spiro atoms. The van der Waals surface area contributed by atoms with E-state index in [1.54, 1.807) is 0 Å². The molecule has 0 aliphatic carbocycles. The zero-order valence-corrected chi connectivity index (χ0v) is 11.2. The number of hydrogen-bond acceptors (Lipinski definition) is 2. The summed E-state index contributed by atoms with van der Waals surface area (Å²) in [6, 6.07) is 7.78. The van der Waals surface area contributed by atoms with Crippen LogP contribution in [0.3, 0.4) is 0 Å². The highest BCUT2D eigenvalue weighted by Crippen LogP contribution is 2.33. The maximum atomic E-state index is 12.1. The summed E-state index contributed by atoms with van der Waals surface area (Å²) in [5.74, 6) is 0.899. The van der Waals surface area contributed by atoms with E-state index in [0.29, 0.717) is 6.61 Å². The van der Waals surface area contributed by atoms with Crippen molar-refractivity contribution in [2.24, 2.45) is 0 Å². The molecule has 0 saturated heterocycles. The fourth-order valence-corrected chi connectivity index (χ4v) is 2.30. The van der Waals surface area contributed by atoms with Gasteiger partial charge in [0.15, 0.2) is 0 Å². The lowest BCUT2D eigenvalue weighted by atomic mass is 9.92. The monoisotopic (exact) mass is 297 g/mol. The number of fused-ring (bicyclic) bond motifs is 1. The minimum absolute atomic E-state index is 0.0599. The number of rotatable bonds is 4. The fourth-order valence-electron chi connectivity index (χ4n) is 2.02. The molecule has 92 valence electrons. The van der Waals surface area contributed by atoms with Gasteiger partial charge in [0.2, 0.25) is 5.91 Å². The zero-order chi connectivity index (χ0) is 12.1. The molecule has 1 unspecified atom stereocenters. The molecule has 1 heterocycles. The van der Waals surface area contributed by atoms with Gasteiger partial charge >= 0.3 is 0 Å². The Kier molecular flexibility index (Phi) is 4.42. The minimum atomic E-state index is -0.0599. The number of ether oxygens (including phenoxy) is 1. The summed E-state index contributed by atoms with van der Waals surface area (Å²) < 4.78 is 5.54. The van der Waals surface area contributed by atoms with Crippen LogP contribution >= 0.6 is 15.9 Å². The number of benzene rings is 1. The number of hydrogen-bond donors (Lipinski definition) is 1. The molecule has 1 amide bonds. The maximum Gasteiger partial charge on any atom is 0.227 e. The summed E-state index contributed by atoms with van der Waals surface area (Å²) in [4.78, 5) is 12.1. The Morgan fingerprint density at radius 2 is 2.29 bits per heavy atom. The molecule has 3 nitrogen and oxygen atoms in total. The van der Waals surface area contributed by atoms with Gasteiger partial charge in [-0.25, -0.2) is 0 Å². The molecule has 0 fully saturated rings. The Labute approximate surface area is 110 Å². The van der Waals surface area contributed by atoms with Gasteiger partial charge in [-0.2, -0.15) is 0 Å². The van der Waals surface area contributed by atoms with Gasteiger partial charge in [-0.1, -0.05) is 34.1 Å². The Morgan fingerprint density at radius 1 is 1.47 bits per heavy atom. The van der Waals surface area contributed by atoms with Crippen molar-refractivity contribution in [2.45, 2.75) is 18.8 Å². The van der Waals surface area contributed by atoms with E-state index in [-0.39, 0.29) is 11.8 Å². The lowest BCUT2D eigenvalue weighted by molar-refractivity contribution is -0.123. The number of alkyl halides is 1. The quantitative estimate of drug-likeness (QED) is 0.685. The Balaban J connectivity index is 2.05. The first-order chi connectivity index (χ1) is 8.33. The van der Waals surface area contributed by atoms with E-state index in [1.165, 1.54) is 0 Å². The van der Waals surface area contributed by atoms with Crippen molar-refractivity contribution in [1.82, 2.24) is 5.32 Å². The Bertz CT molecular complexity index is 395. The highest BCUT2D eigenvalue weighted by Gasteiger charge is 2.26. The number of carbonyl (C=O) groups excluding carboxylic acids is 1. The third-order valence-corrected chi connectivity index (χ3v) is 3.45. The topological polar surface area (TPSA) is 38.3 Å². The Morgan fingerprint density at radius 3 is 3.12 bits per heavy atom. The van der Waals surface area contributed by atoms with Crippen molar-refractivity contribution in [1.29, 1.82) is 0 Å². The summed E-state index contributed by atoms with van der Waals surface area (Å²) >= 11 is 3.35. The molecule has 1 aromatic carbocycles. The first-order valence-electron chi connectivity index (χ1n) is 5.88. The largest absolute Gasteiger partial charge is 0.493 e. The van der Waals surface area contributed by atoms with Gasteiger partial charge in [0.05, 0.1) is 12.5 Å². The predicted molar refractivity (Wildman–Crippen MR) is 70.7 cm³/mol. The third kappa shape index (κ3) is 3.00. The molecular formula is C13H16BrNO2. The molecule has 0 saturated carbocycles. The molecule has 0 aromatic heterocycles. The highest BCUT2D eigenvalue weighted by molar-refractivity contribution is 9.09. The predicted octanol–water partition coefficient (Wildman–Crippen LogP) is 2.45. The van der Waals surface area contributed by atoms with Gasteiger partial charge in [-0.15, -0.1) is 0 Å². The van der Waals surface area contributed by atoms with Crippen molar-refractivity contribution in [3.05, 3.63) is 29.8 Å². The zero-order valence-electron chi connectivity index (χ0n) is 9.62. The average molecular weight is 298 g/mol. The van der Waals surface area contributed by atoms with Crippen LogP contribution in [0.25, 0.3) is 0 Å². The summed E-state index contributed by atoms with van der Waals surface area (Å²) in [5.41, 5.74) is 1.01. The number of nitrogens with one attached hydrogen (secondary N) is 1. The molecule has 2 rings (SSSR count). The van der Waals surface area contributed by atoms with Crippen molar-refractivity contribution in [2.75, 3.05) is 18.5 Å². The summed E-state index contributed by atoms with van der Waals surface area (Å²) in [5, 5.41) is 3.88. The van der Waals surface area contributed by atoms with E-state index in [4.69, 9.17) is 4.74 Å². The van der Waals surface area contributed by atoms with Gasteiger partial charge in [-0.05, 0) is 18.9 Å². The second kappa shape index (κ2) is 6.05. The summed E-state index contributed by atoms with van der Waals surface area (Å²) in [6.07, 6.45) is 1.72. The van der Waals surface area contributed by atoms with Gasteiger partial charge in [0.1, 0.15) is 5.75 Å². The van der Waals surface area contributed by atoms with Crippen LogP contribution in [0.2, 0.25) is 0 Å². The van der Waals surface area contributed by atoms with Crippen LogP contribution in [-0.4, -0.2) is 24.4 Å². The highest BCUT2D eigenvalue weighted by atomic mass is 79.9. The SMILES string of the molecule is O=C(NCCCBr)C1CCOc2ccccc21. The maximum absolute atomic E-state index is 12.1. The van der Waals surface area contributed by atoms with E-state index >= 15 is 0 Å². The van der Waals surface area contributed by atoms with Crippen LogP contribution < -0.4 is 10.1 Å². The normalized spacial score (nSPS) is 18.1. The molecular weight excluding hydrogens is 282 g/mol. The molecule has 0 bridgehead atoms. The van der Waals surface area contributed by atoms with E-state index in [0.717, 1.165) is 36.0 Å². The third-order valence-electron chi connectivity index (χ3n) is 2.88. The molecule has 1 atom stereocenters. The van der Waals surface area contributed by atoms with Crippen LogP contribution in [0.15, 0.2) is 24.3 Å². The smallest absolute Gasteiger partial charge is 0.227 e. The summed E-state index contributed by atoms with van der Waals surface area (Å²) in [6.45, 7) is 1.34. The molecule has 4 heteroatoms. The van der Waals surface area contributed by atoms with Gasteiger partial charge in [0, 0.05) is 17.4 Å². The summed E-state index contributed by atoms with van der Waals surface area (Å²) in [7, 11) is 0. The average Bonchev–Trinajstić information content (AvgIpc) is 2.38. The van der Waals surface area contributed by atoms with Gasteiger partial charge < -0.3 is 10.1 Å². The van der Waals surface area contributed by atoms with Crippen LogP contribution in [0.5, 0.6) is 5.75 Å². The number of para-hydroxylation sites is 1. The second-order valence-electron chi connectivity index (χ2n) is 4.06. The van der Waals surface area contributed by atoms with Crippen LogP contribution in [-0.2, 0) is 4.79 Å². The lowest BCUT2D eigenvalue weighted by Crippen LogP contribution is -2.33. The standard InChI is InChI=1S/C13H16BrNO2/c14-7-3-8-15-13(16)11-6-9-17-12-5-2-1-4-10(11)12/h1-2,4-5,11H,3,6-9H2,(H,15,16). The van der Waals surface area contributed by atoms with Crippen molar-refractivity contribution < 1.29 is 9.53 Å². The van der Waals surface area contributed by atoms with Crippen LogP contribution in [0.1, 0.15) is 24.3 Å². The van der Waals surface area contributed by atoms with E-state index in [2.05, 4.69) is 21.2 Å². The molecule has 17 heavy (non-hydrogen) atoms. The van der Waals surface area contributed by atoms with Crippen molar-refractivity contribution in [3.8, 4) is 5.75 Å². The van der Waals surface area contributed by atoms with Crippen LogP contribution in [0.4, 0.5) is 0 Å². The lowest BCUT2D eigenvalue weighted by Gasteiger charge is -2.25. The van der Waals surface area contributed by atoms with E-state index in [9.17, 15) is 4.79 Å². The number of halogens is 1. The molecule has 1 aliphatic heterocycles. The fraction of sp³-hybridized carbons (Fsp3) is 0.462. The number of amides is 1. The second-order valence-corrected chi connectivity index (χ2v) is 4.85. The van der Waals surface area contributed by atoms with Gasteiger partial charge in [-0.3, -0.25) is 4.79 Å². The van der Waals surface area contributed by atoms with Gasteiger partial charge in [0.25, 0.3) is 0 Å². The Hall–Kier alpha value is -1.03. The van der Waals surface area contributed by atoms with E-state index in [1.807, 2.05) is 24.3 Å². The molecule has 1 aromatic rings. The van der Waals surface area contributed by atoms with Crippen LogP contribution in [0, 0.1) is 0 Å². The minimum Gasteiger partial charge on any atom is -0.493 e. The molecule has 1 aliphatic rings. The van der Waals surface area contributed by atoms with E-state index < -0.39 is 0 Å². The molecule has 0 radical (unpaired) electrons. The van der Waals surface area contributed by atoms with Crippen molar-refractivity contribution >= 4 is 21.8 Å². The molecule has 1 N–H and O–H groups in total. The first-order valence-corrected chi connectivity index (χ1v) is 7.00. The first kappa shape index (κ1) is 12.4.